The van der Waals surface area contributed by atoms with E-state index in [9.17, 15) is 0 Å². The van der Waals surface area contributed by atoms with Crippen LogP contribution in [-0.2, 0) is 0 Å². The fraction of sp³-hybridized carbons (Fsp3) is 0.200. The molecule has 0 spiro atoms. The summed E-state index contributed by atoms with van der Waals surface area (Å²) < 4.78 is 0. The molecule has 12 heavy (non-hydrogen) atoms. The molecule has 1 aliphatic rings. The smallest absolute Gasteiger partial charge is 0.0886 e. The second-order valence-corrected chi connectivity index (χ2v) is 2.81. The van der Waals surface area contributed by atoms with Gasteiger partial charge in [-0.1, -0.05) is 6.08 Å². The van der Waals surface area contributed by atoms with Crippen molar-refractivity contribution in [3.8, 4) is 0 Å². The van der Waals surface area contributed by atoms with Gasteiger partial charge in [-0.2, -0.15) is 0 Å². The second-order valence-electron chi connectivity index (χ2n) is 2.81. The van der Waals surface area contributed by atoms with Crippen LogP contribution in [0.25, 0.3) is 6.08 Å². The molecule has 0 fully saturated rings. The predicted molar refractivity (Wildman–Crippen MR) is 50.8 cm³/mol. The van der Waals surface area contributed by atoms with E-state index in [1.807, 2.05) is 31.3 Å². The number of fused-ring (bicyclic) bond motifs is 1. The van der Waals surface area contributed by atoms with Gasteiger partial charge in [-0.15, -0.1) is 0 Å². The molecule has 0 saturated carbocycles. The minimum Gasteiger partial charge on any atom is -0.259 e. The zero-order chi connectivity index (χ0) is 8.39. The first-order valence-electron chi connectivity index (χ1n) is 4.03. The summed E-state index contributed by atoms with van der Waals surface area (Å²) in [7, 11) is 0. The molecule has 1 aliphatic heterocycles. The number of hydrogen-bond donors (Lipinski definition) is 0. The van der Waals surface area contributed by atoms with Crippen LogP contribution in [0, 0.1) is 6.92 Å². The molecular formula is C10H10N2. The van der Waals surface area contributed by atoms with Gasteiger partial charge >= 0.3 is 0 Å². The third-order valence-corrected chi connectivity index (χ3v) is 1.79. The van der Waals surface area contributed by atoms with E-state index in [1.165, 1.54) is 0 Å². The lowest BCUT2D eigenvalue weighted by Gasteiger charge is -1.98. The molecule has 0 aliphatic carbocycles. The van der Waals surface area contributed by atoms with Crippen LogP contribution in [0.15, 0.2) is 23.2 Å². The molecule has 0 atom stereocenters. The van der Waals surface area contributed by atoms with Crippen molar-refractivity contribution in [3.05, 3.63) is 29.6 Å². The molecule has 2 heterocycles. The SMILES string of the molecule is Cc1ccc2c(n1)C=CCC=N2. The standard InChI is InChI=1S/C10H10N2/c1-8-5-6-9-10(12-8)4-2-3-7-11-9/h2,4-7H,3H2,1H3. The molecule has 0 radical (unpaired) electrons. The Morgan fingerprint density at radius 3 is 3.17 bits per heavy atom. The van der Waals surface area contributed by atoms with Gasteiger partial charge in [0.05, 0.1) is 11.4 Å². The van der Waals surface area contributed by atoms with Crippen molar-refractivity contribution in [2.24, 2.45) is 4.99 Å². The number of pyridine rings is 1. The van der Waals surface area contributed by atoms with Gasteiger partial charge in [0.1, 0.15) is 0 Å². The maximum absolute atomic E-state index is 4.37. The lowest BCUT2D eigenvalue weighted by molar-refractivity contribution is 1.18. The van der Waals surface area contributed by atoms with Gasteiger partial charge in [0.25, 0.3) is 0 Å². The number of aromatic nitrogens is 1. The lowest BCUT2D eigenvalue weighted by atomic mass is 10.2. The largest absolute Gasteiger partial charge is 0.259 e. The molecule has 1 aromatic rings. The molecule has 0 bridgehead atoms. The van der Waals surface area contributed by atoms with Gasteiger partial charge < -0.3 is 0 Å². The first-order chi connectivity index (χ1) is 5.86. The van der Waals surface area contributed by atoms with Crippen LogP contribution in [0.2, 0.25) is 0 Å². The minimum atomic E-state index is 0.898. The number of hydrogen-bond acceptors (Lipinski definition) is 2. The van der Waals surface area contributed by atoms with Gasteiger partial charge in [-0.05, 0) is 25.1 Å². The Labute approximate surface area is 71.7 Å². The zero-order valence-corrected chi connectivity index (χ0v) is 6.99. The highest BCUT2D eigenvalue weighted by Gasteiger charge is 2.00. The molecule has 2 heteroatoms. The zero-order valence-electron chi connectivity index (χ0n) is 6.99. The van der Waals surface area contributed by atoms with E-state index in [0.29, 0.717) is 0 Å². The van der Waals surface area contributed by atoms with E-state index >= 15 is 0 Å². The fourth-order valence-corrected chi connectivity index (χ4v) is 1.19. The molecule has 1 aromatic heterocycles. The Balaban J connectivity index is 2.58. The molecule has 60 valence electrons. The molecule has 2 rings (SSSR count). The van der Waals surface area contributed by atoms with E-state index in [2.05, 4.69) is 16.1 Å². The third-order valence-electron chi connectivity index (χ3n) is 1.79. The molecular weight excluding hydrogens is 148 g/mol. The minimum absolute atomic E-state index is 0.898. The summed E-state index contributed by atoms with van der Waals surface area (Å²) in [6.45, 7) is 1.99. The Morgan fingerprint density at radius 1 is 1.33 bits per heavy atom. The summed E-state index contributed by atoms with van der Waals surface area (Å²) in [4.78, 5) is 8.65. The van der Waals surface area contributed by atoms with Gasteiger partial charge in [-0.3, -0.25) is 9.98 Å². The van der Waals surface area contributed by atoms with E-state index < -0.39 is 0 Å². The first-order valence-corrected chi connectivity index (χ1v) is 4.03. The molecule has 0 aromatic carbocycles. The Bertz CT molecular complexity index is 351. The van der Waals surface area contributed by atoms with Crippen LogP contribution in [0.4, 0.5) is 5.69 Å². The van der Waals surface area contributed by atoms with Crippen molar-refractivity contribution in [2.45, 2.75) is 13.3 Å². The highest BCUT2D eigenvalue weighted by Crippen LogP contribution is 2.20. The van der Waals surface area contributed by atoms with Crippen LogP contribution >= 0.6 is 0 Å². The van der Waals surface area contributed by atoms with Gasteiger partial charge in [0.15, 0.2) is 0 Å². The summed E-state index contributed by atoms with van der Waals surface area (Å²) in [6.07, 6.45) is 6.89. The Kier molecular flexibility index (Phi) is 1.74. The fourth-order valence-electron chi connectivity index (χ4n) is 1.19. The van der Waals surface area contributed by atoms with Gasteiger partial charge in [0.2, 0.25) is 0 Å². The maximum Gasteiger partial charge on any atom is 0.0886 e. The Morgan fingerprint density at radius 2 is 2.25 bits per heavy atom. The number of rotatable bonds is 0. The first kappa shape index (κ1) is 7.22. The Hall–Kier alpha value is -1.44. The second kappa shape index (κ2) is 2.89. The van der Waals surface area contributed by atoms with E-state index in [1.54, 1.807) is 0 Å². The number of aryl methyl sites for hydroxylation is 1. The summed E-state index contributed by atoms with van der Waals surface area (Å²) in [5.41, 5.74) is 2.98. The number of nitrogens with zero attached hydrogens (tertiary/aromatic N) is 2. The van der Waals surface area contributed by atoms with E-state index in [4.69, 9.17) is 0 Å². The van der Waals surface area contributed by atoms with Crippen molar-refractivity contribution in [1.82, 2.24) is 4.98 Å². The quantitative estimate of drug-likeness (QED) is 0.569. The van der Waals surface area contributed by atoms with E-state index in [-0.39, 0.29) is 0 Å². The average Bonchev–Trinajstić information content (AvgIpc) is 2.28. The van der Waals surface area contributed by atoms with Crippen molar-refractivity contribution >= 4 is 18.0 Å². The van der Waals surface area contributed by atoms with Crippen LogP contribution in [0.5, 0.6) is 0 Å². The molecule has 0 saturated heterocycles. The normalized spacial score (nSPS) is 14.1. The van der Waals surface area contributed by atoms with Gasteiger partial charge in [-0.25, -0.2) is 0 Å². The molecule has 0 unspecified atom stereocenters. The third kappa shape index (κ3) is 1.28. The summed E-state index contributed by atoms with van der Waals surface area (Å²) >= 11 is 0. The monoisotopic (exact) mass is 158 g/mol. The average molecular weight is 158 g/mol. The maximum atomic E-state index is 4.37. The summed E-state index contributed by atoms with van der Waals surface area (Å²) in [6, 6.07) is 3.99. The van der Waals surface area contributed by atoms with Crippen LogP contribution < -0.4 is 0 Å². The highest BCUT2D eigenvalue weighted by atomic mass is 14.8. The summed E-state index contributed by atoms with van der Waals surface area (Å²) in [5.74, 6) is 0. The topological polar surface area (TPSA) is 25.2 Å². The molecule has 0 amide bonds. The number of allylic oxidation sites excluding steroid dienone is 1. The number of aliphatic imine (C=N–C) groups is 1. The van der Waals surface area contributed by atoms with Crippen molar-refractivity contribution < 1.29 is 0 Å². The van der Waals surface area contributed by atoms with Crippen molar-refractivity contribution in [3.63, 3.8) is 0 Å². The molecule has 2 nitrogen and oxygen atoms in total. The molecule has 0 N–H and O–H groups in total. The van der Waals surface area contributed by atoms with Crippen LogP contribution in [0.3, 0.4) is 0 Å². The van der Waals surface area contributed by atoms with Crippen LogP contribution in [-0.4, -0.2) is 11.2 Å². The van der Waals surface area contributed by atoms with Crippen molar-refractivity contribution in [2.75, 3.05) is 0 Å². The van der Waals surface area contributed by atoms with E-state index in [0.717, 1.165) is 23.5 Å². The van der Waals surface area contributed by atoms with Crippen molar-refractivity contribution in [1.29, 1.82) is 0 Å². The lowest BCUT2D eigenvalue weighted by Crippen LogP contribution is -1.84. The predicted octanol–water partition coefficient (Wildman–Crippen LogP) is 2.51. The summed E-state index contributed by atoms with van der Waals surface area (Å²) in [5, 5.41) is 0. The van der Waals surface area contributed by atoms with Crippen LogP contribution in [0.1, 0.15) is 17.8 Å². The highest BCUT2D eigenvalue weighted by molar-refractivity contribution is 5.73. The van der Waals surface area contributed by atoms with Gasteiger partial charge in [0, 0.05) is 18.3 Å².